The third-order valence-corrected chi connectivity index (χ3v) is 4.35. The zero-order valence-corrected chi connectivity index (χ0v) is 21.3. The third kappa shape index (κ3) is 16.2. The van der Waals surface area contributed by atoms with E-state index in [0.29, 0.717) is 5.92 Å². The minimum absolute atomic E-state index is 0.247. The second-order valence-corrected chi connectivity index (χ2v) is 6.24. The van der Waals surface area contributed by atoms with Gasteiger partial charge >= 0.3 is 0 Å². The van der Waals surface area contributed by atoms with Gasteiger partial charge in [-0.05, 0) is 48.8 Å². The fourth-order valence-electron chi connectivity index (χ4n) is 2.48. The molecule has 0 aliphatic carbocycles. The molecule has 0 spiro atoms. The molecule has 0 saturated heterocycles. The summed E-state index contributed by atoms with van der Waals surface area (Å²) in [5.41, 5.74) is 5.30. The molecule has 0 amide bonds. The zero-order valence-electron chi connectivity index (χ0n) is 21.3. The van der Waals surface area contributed by atoms with Gasteiger partial charge in [0, 0.05) is 13.2 Å². The molecule has 2 nitrogen and oxygen atoms in total. The second-order valence-electron chi connectivity index (χ2n) is 6.24. The van der Waals surface area contributed by atoms with Crippen LogP contribution in [-0.4, -0.2) is 23.4 Å². The topological polar surface area (TPSA) is 40.5 Å². The van der Waals surface area contributed by atoms with Crippen molar-refractivity contribution in [2.45, 2.75) is 88.0 Å². The van der Waals surface area contributed by atoms with Gasteiger partial charge in [0.25, 0.3) is 0 Å². The molecule has 0 aliphatic rings. The minimum Gasteiger partial charge on any atom is -0.396 e. The summed E-state index contributed by atoms with van der Waals surface area (Å²) in [6, 6.07) is 17.5. The van der Waals surface area contributed by atoms with Crippen molar-refractivity contribution in [1.82, 2.24) is 0 Å². The zero-order chi connectivity index (χ0) is 23.8. The highest BCUT2D eigenvalue weighted by Crippen LogP contribution is 2.20. The molecule has 174 valence electrons. The van der Waals surface area contributed by atoms with Crippen LogP contribution in [0.2, 0.25) is 0 Å². The summed E-state index contributed by atoms with van der Waals surface area (Å²) in [5, 5.41) is 17.1. The van der Waals surface area contributed by atoms with Crippen molar-refractivity contribution in [3.05, 3.63) is 59.7 Å². The Bertz CT molecular complexity index is 540. The molecule has 0 aliphatic heterocycles. The van der Waals surface area contributed by atoms with E-state index in [0.717, 1.165) is 25.7 Å². The summed E-state index contributed by atoms with van der Waals surface area (Å²) in [6.07, 6.45) is 3.88. The van der Waals surface area contributed by atoms with Gasteiger partial charge in [-0.3, -0.25) is 0 Å². The lowest BCUT2D eigenvalue weighted by molar-refractivity contribution is 0.198. The number of rotatable bonds is 7. The lowest BCUT2D eigenvalue weighted by Crippen LogP contribution is -2.04. The maximum atomic E-state index is 8.67. The van der Waals surface area contributed by atoms with E-state index in [4.69, 9.17) is 10.2 Å². The lowest BCUT2D eigenvalue weighted by atomic mass is 10.0. The first kappa shape index (κ1) is 33.0. The van der Waals surface area contributed by atoms with Crippen LogP contribution in [0.3, 0.4) is 0 Å². The summed E-state index contributed by atoms with van der Waals surface area (Å²) >= 11 is 0. The Balaban J connectivity index is -0.000000420. The molecule has 2 rings (SSSR count). The van der Waals surface area contributed by atoms with Gasteiger partial charge in [0.05, 0.1) is 0 Å². The summed E-state index contributed by atoms with van der Waals surface area (Å²) in [4.78, 5) is 0. The molecule has 2 N–H and O–H groups in total. The van der Waals surface area contributed by atoms with Crippen molar-refractivity contribution < 1.29 is 10.2 Å². The normalized spacial score (nSPS) is 9.83. The summed E-state index contributed by atoms with van der Waals surface area (Å²) in [7, 11) is 0. The van der Waals surface area contributed by atoms with Crippen molar-refractivity contribution in [3.8, 4) is 11.1 Å². The molecule has 0 saturated carbocycles. The van der Waals surface area contributed by atoms with Gasteiger partial charge in [0.1, 0.15) is 0 Å². The SMILES string of the molecule is CC.CC.CC.CCC(CO)CCCO.CCc1ccc(-c2ccc(C)cc2)cc1. The fraction of sp³-hybridized carbons (Fsp3) is 0.571. The first-order chi connectivity index (χ1) is 14.6. The first-order valence-corrected chi connectivity index (χ1v) is 12.0. The van der Waals surface area contributed by atoms with Gasteiger partial charge in [-0.25, -0.2) is 0 Å². The molecule has 30 heavy (non-hydrogen) atoms. The van der Waals surface area contributed by atoms with Crippen LogP contribution in [0.4, 0.5) is 0 Å². The Morgan fingerprint density at radius 2 is 1.13 bits per heavy atom. The standard InChI is InChI=1S/C15H16.C7H16O2.3C2H6/c1-3-13-6-10-15(11-7-13)14-8-4-12(2)5-9-14;1-2-7(6-9)4-3-5-8;3*1-2/h4-11H,3H2,1-2H3;7-9H,2-6H2,1H3;3*1-2H3. The second kappa shape index (κ2) is 25.4. The molecule has 2 aromatic rings. The predicted octanol–water partition coefficient (Wildman–Crippen LogP) is 8.08. The highest BCUT2D eigenvalue weighted by Gasteiger charge is 2.02. The van der Waals surface area contributed by atoms with Gasteiger partial charge in [-0.2, -0.15) is 0 Å². The van der Waals surface area contributed by atoms with Crippen LogP contribution in [0.25, 0.3) is 11.1 Å². The average molecular weight is 419 g/mol. The predicted molar refractivity (Wildman–Crippen MR) is 137 cm³/mol. The molecule has 1 atom stereocenters. The average Bonchev–Trinajstić information content (AvgIpc) is 2.85. The maximum absolute atomic E-state index is 8.67. The van der Waals surface area contributed by atoms with Crippen molar-refractivity contribution in [2.24, 2.45) is 5.92 Å². The molecule has 1 unspecified atom stereocenters. The van der Waals surface area contributed by atoms with Crippen LogP contribution in [0.5, 0.6) is 0 Å². The molecule has 0 bridgehead atoms. The summed E-state index contributed by atoms with van der Waals surface area (Å²) < 4.78 is 0. The van der Waals surface area contributed by atoms with E-state index < -0.39 is 0 Å². The van der Waals surface area contributed by atoms with E-state index in [9.17, 15) is 0 Å². The maximum Gasteiger partial charge on any atom is 0.0459 e. The molecule has 2 aromatic carbocycles. The van der Waals surface area contributed by atoms with Crippen LogP contribution in [0.15, 0.2) is 48.5 Å². The highest BCUT2D eigenvalue weighted by molar-refractivity contribution is 5.63. The molecular weight excluding hydrogens is 368 g/mol. The van der Waals surface area contributed by atoms with Crippen molar-refractivity contribution in [2.75, 3.05) is 13.2 Å². The van der Waals surface area contributed by atoms with Crippen LogP contribution in [-0.2, 0) is 6.42 Å². The van der Waals surface area contributed by atoms with E-state index in [1.807, 2.05) is 41.5 Å². The van der Waals surface area contributed by atoms with Gasteiger partial charge in [-0.15, -0.1) is 0 Å². The van der Waals surface area contributed by atoms with E-state index >= 15 is 0 Å². The smallest absolute Gasteiger partial charge is 0.0459 e. The van der Waals surface area contributed by atoms with E-state index in [2.05, 4.69) is 69.3 Å². The van der Waals surface area contributed by atoms with Gasteiger partial charge < -0.3 is 10.2 Å². The molecule has 0 fully saturated rings. The first-order valence-electron chi connectivity index (χ1n) is 12.0. The monoisotopic (exact) mass is 418 g/mol. The van der Waals surface area contributed by atoms with Crippen molar-refractivity contribution in [3.63, 3.8) is 0 Å². The Labute approximate surface area is 188 Å². The Morgan fingerprint density at radius 1 is 0.700 bits per heavy atom. The molecule has 0 aromatic heterocycles. The number of benzene rings is 2. The number of aliphatic hydroxyl groups excluding tert-OH is 2. The highest BCUT2D eigenvalue weighted by atomic mass is 16.3. The number of hydrogen-bond donors (Lipinski definition) is 2. The van der Waals surface area contributed by atoms with E-state index in [1.165, 1.54) is 22.3 Å². The Morgan fingerprint density at radius 3 is 1.47 bits per heavy atom. The molecule has 2 heteroatoms. The third-order valence-electron chi connectivity index (χ3n) is 4.35. The minimum atomic E-state index is 0.247. The van der Waals surface area contributed by atoms with Crippen LogP contribution in [0, 0.1) is 12.8 Å². The number of hydrogen-bond acceptors (Lipinski definition) is 2. The van der Waals surface area contributed by atoms with Crippen LogP contribution in [0.1, 0.15) is 85.8 Å². The number of aliphatic hydroxyl groups is 2. The molecular formula is C28H50O2. The Kier molecular flexibility index (Phi) is 27.9. The van der Waals surface area contributed by atoms with E-state index in [1.54, 1.807) is 0 Å². The molecule has 0 radical (unpaired) electrons. The van der Waals surface area contributed by atoms with Crippen LogP contribution < -0.4 is 0 Å². The van der Waals surface area contributed by atoms with Gasteiger partial charge in [-0.1, -0.05) is 116 Å². The quantitative estimate of drug-likeness (QED) is 0.477. The van der Waals surface area contributed by atoms with Crippen molar-refractivity contribution >= 4 is 0 Å². The van der Waals surface area contributed by atoms with Gasteiger partial charge in [0.2, 0.25) is 0 Å². The largest absolute Gasteiger partial charge is 0.396 e. The van der Waals surface area contributed by atoms with Gasteiger partial charge in [0.15, 0.2) is 0 Å². The summed E-state index contributed by atoms with van der Waals surface area (Å²) in [5.74, 6) is 0.400. The Hall–Kier alpha value is -1.64. The van der Waals surface area contributed by atoms with Crippen molar-refractivity contribution in [1.29, 1.82) is 0 Å². The molecule has 0 heterocycles. The number of aryl methyl sites for hydroxylation is 2. The van der Waals surface area contributed by atoms with Crippen LogP contribution >= 0.6 is 0 Å². The summed E-state index contributed by atoms with van der Waals surface area (Å²) in [6.45, 7) is 18.9. The van der Waals surface area contributed by atoms with E-state index in [-0.39, 0.29) is 13.2 Å². The fourth-order valence-corrected chi connectivity index (χ4v) is 2.48. The lowest BCUT2D eigenvalue weighted by Gasteiger charge is -2.08.